The largest absolute Gasteiger partial charge is 0.301 e. The van der Waals surface area contributed by atoms with Gasteiger partial charge in [-0.2, -0.15) is 0 Å². The highest BCUT2D eigenvalue weighted by molar-refractivity contribution is 4.88. The standard InChI is InChI=1S/C12H25N/c1-9(2)8-12(11-6-7-11)13(5)10(3)4/h9-12H,6-8H2,1-5H3. The fourth-order valence-electron chi connectivity index (χ4n) is 2.04. The first kappa shape index (κ1) is 11.0. The van der Waals surface area contributed by atoms with Crippen molar-refractivity contribution in [3.63, 3.8) is 0 Å². The molecule has 0 N–H and O–H groups in total. The second-order valence-corrected chi connectivity index (χ2v) is 5.29. The maximum Gasteiger partial charge on any atom is 0.0126 e. The highest BCUT2D eigenvalue weighted by atomic mass is 15.2. The zero-order chi connectivity index (χ0) is 10.0. The summed E-state index contributed by atoms with van der Waals surface area (Å²) in [5, 5.41) is 0. The van der Waals surface area contributed by atoms with Crippen LogP contribution in [0.15, 0.2) is 0 Å². The zero-order valence-electron chi connectivity index (χ0n) is 9.88. The number of nitrogens with zero attached hydrogens (tertiary/aromatic N) is 1. The number of hydrogen-bond donors (Lipinski definition) is 0. The summed E-state index contributed by atoms with van der Waals surface area (Å²) in [5.41, 5.74) is 0. The second-order valence-electron chi connectivity index (χ2n) is 5.29. The van der Waals surface area contributed by atoms with Gasteiger partial charge in [0.15, 0.2) is 0 Å². The summed E-state index contributed by atoms with van der Waals surface area (Å²) in [5.74, 6) is 1.85. The summed E-state index contributed by atoms with van der Waals surface area (Å²) >= 11 is 0. The third-order valence-corrected chi connectivity index (χ3v) is 3.22. The molecule has 1 heteroatoms. The van der Waals surface area contributed by atoms with E-state index in [4.69, 9.17) is 0 Å². The van der Waals surface area contributed by atoms with Crippen molar-refractivity contribution in [2.45, 2.75) is 59.0 Å². The Morgan fingerprint density at radius 2 is 1.69 bits per heavy atom. The molecule has 0 aromatic rings. The lowest BCUT2D eigenvalue weighted by atomic mass is 9.98. The molecule has 1 atom stereocenters. The maximum absolute atomic E-state index is 2.57. The molecule has 1 unspecified atom stereocenters. The molecule has 0 aromatic heterocycles. The van der Waals surface area contributed by atoms with Crippen molar-refractivity contribution >= 4 is 0 Å². The van der Waals surface area contributed by atoms with Gasteiger partial charge in [-0.05, 0) is 52.0 Å². The highest BCUT2D eigenvalue weighted by Gasteiger charge is 2.34. The van der Waals surface area contributed by atoms with Gasteiger partial charge in [0.25, 0.3) is 0 Å². The first-order chi connectivity index (χ1) is 6.02. The third-order valence-electron chi connectivity index (χ3n) is 3.22. The Morgan fingerprint density at radius 3 is 2.00 bits per heavy atom. The highest BCUT2D eigenvalue weighted by Crippen LogP contribution is 2.38. The quantitative estimate of drug-likeness (QED) is 0.633. The molecule has 0 spiro atoms. The Labute approximate surface area is 83.5 Å². The molecule has 1 rings (SSSR count). The van der Waals surface area contributed by atoms with E-state index in [0.717, 1.165) is 17.9 Å². The molecule has 78 valence electrons. The Kier molecular flexibility index (Phi) is 3.78. The van der Waals surface area contributed by atoms with Gasteiger partial charge in [0.05, 0.1) is 0 Å². The minimum Gasteiger partial charge on any atom is -0.301 e. The lowest BCUT2D eigenvalue weighted by Gasteiger charge is -2.32. The van der Waals surface area contributed by atoms with E-state index < -0.39 is 0 Å². The van der Waals surface area contributed by atoms with Gasteiger partial charge >= 0.3 is 0 Å². The van der Waals surface area contributed by atoms with E-state index in [-0.39, 0.29) is 0 Å². The molecule has 13 heavy (non-hydrogen) atoms. The average Bonchev–Trinajstić information content (AvgIpc) is 2.80. The van der Waals surface area contributed by atoms with Crippen LogP contribution in [-0.4, -0.2) is 24.0 Å². The molecular formula is C12H25N. The average molecular weight is 183 g/mol. The Hall–Kier alpha value is -0.0400. The molecule has 0 amide bonds. The molecule has 0 radical (unpaired) electrons. The fourth-order valence-corrected chi connectivity index (χ4v) is 2.04. The van der Waals surface area contributed by atoms with E-state index in [1.54, 1.807) is 0 Å². The van der Waals surface area contributed by atoms with Gasteiger partial charge in [0, 0.05) is 12.1 Å². The van der Waals surface area contributed by atoms with Gasteiger partial charge < -0.3 is 4.90 Å². The van der Waals surface area contributed by atoms with E-state index in [0.29, 0.717) is 6.04 Å². The molecule has 1 aliphatic carbocycles. The van der Waals surface area contributed by atoms with Crippen LogP contribution < -0.4 is 0 Å². The van der Waals surface area contributed by atoms with Crippen molar-refractivity contribution in [3.05, 3.63) is 0 Å². The van der Waals surface area contributed by atoms with Gasteiger partial charge in [0.1, 0.15) is 0 Å². The van der Waals surface area contributed by atoms with Crippen molar-refractivity contribution in [3.8, 4) is 0 Å². The van der Waals surface area contributed by atoms with Crippen LogP contribution in [0.3, 0.4) is 0 Å². The summed E-state index contributed by atoms with van der Waals surface area (Å²) in [6.45, 7) is 9.28. The van der Waals surface area contributed by atoms with Crippen molar-refractivity contribution < 1.29 is 0 Å². The molecular weight excluding hydrogens is 158 g/mol. The first-order valence-corrected chi connectivity index (χ1v) is 5.74. The van der Waals surface area contributed by atoms with E-state index in [2.05, 4.69) is 39.6 Å². The first-order valence-electron chi connectivity index (χ1n) is 5.74. The van der Waals surface area contributed by atoms with Gasteiger partial charge in [-0.15, -0.1) is 0 Å². The Morgan fingerprint density at radius 1 is 1.15 bits per heavy atom. The normalized spacial score (nSPS) is 20.3. The summed E-state index contributed by atoms with van der Waals surface area (Å²) < 4.78 is 0. The van der Waals surface area contributed by atoms with Crippen LogP contribution in [0.25, 0.3) is 0 Å². The van der Waals surface area contributed by atoms with Crippen LogP contribution in [0.4, 0.5) is 0 Å². The van der Waals surface area contributed by atoms with Crippen molar-refractivity contribution in [2.75, 3.05) is 7.05 Å². The number of hydrogen-bond acceptors (Lipinski definition) is 1. The molecule has 1 saturated carbocycles. The predicted molar refractivity (Wildman–Crippen MR) is 58.9 cm³/mol. The lowest BCUT2D eigenvalue weighted by Crippen LogP contribution is -2.39. The van der Waals surface area contributed by atoms with Crippen molar-refractivity contribution in [1.29, 1.82) is 0 Å². The van der Waals surface area contributed by atoms with E-state index in [1.807, 2.05) is 0 Å². The number of rotatable bonds is 5. The molecule has 1 fully saturated rings. The fraction of sp³-hybridized carbons (Fsp3) is 1.00. The van der Waals surface area contributed by atoms with Crippen molar-refractivity contribution in [2.24, 2.45) is 11.8 Å². The van der Waals surface area contributed by atoms with Crippen molar-refractivity contribution in [1.82, 2.24) is 4.90 Å². The summed E-state index contributed by atoms with van der Waals surface area (Å²) in [6, 6.07) is 1.55. The van der Waals surface area contributed by atoms with Gasteiger partial charge in [0.2, 0.25) is 0 Å². The summed E-state index contributed by atoms with van der Waals surface area (Å²) in [7, 11) is 2.29. The Balaban J connectivity index is 2.45. The van der Waals surface area contributed by atoms with E-state index >= 15 is 0 Å². The van der Waals surface area contributed by atoms with Crippen LogP contribution in [0.5, 0.6) is 0 Å². The van der Waals surface area contributed by atoms with Gasteiger partial charge in [-0.1, -0.05) is 13.8 Å². The molecule has 1 nitrogen and oxygen atoms in total. The lowest BCUT2D eigenvalue weighted by molar-refractivity contribution is 0.153. The topological polar surface area (TPSA) is 3.24 Å². The van der Waals surface area contributed by atoms with Crippen LogP contribution in [-0.2, 0) is 0 Å². The molecule has 0 bridgehead atoms. The molecule has 0 aliphatic heterocycles. The Bertz CT molecular complexity index is 147. The molecule has 0 heterocycles. The van der Waals surface area contributed by atoms with E-state index in [1.165, 1.54) is 19.3 Å². The second kappa shape index (κ2) is 4.45. The van der Waals surface area contributed by atoms with Crippen LogP contribution in [0.2, 0.25) is 0 Å². The SMILES string of the molecule is CC(C)CC(C1CC1)N(C)C(C)C. The molecule has 0 aromatic carbocycles. The molecule has 0 saturated heterocycles. The van der Waals surface area contributed by atoms with Gasteiger partial charge in [-0.3, -0.25) is 0 Å². The van der Waals surface area contributed by atoms with Crippen LogP contribution in [0.1, 0.15) is 47.0 Å². The van der Waals surface area contributed by atoms with E-state index in [9.17, 15) is 0 Å². The summed E-state index contributed by atoms with van der Waals surface area (Å²) in [4.78, 5) is 2.57. The van der Waals surface area contributed by atoms with Crippen LogP contribution >= 0.6 is 0 Å². The zero-order valence-corrected chi connectivity index (χ0v) is 9.88. The third kappa shape index (κ3) is 3.30. The summed E-state index contributed by atoms with van der Waals surface area (Å²) in [6.07, 6.45) is 4.31. The minimum absolute atomic E-state index is 0.698. The smallest absolute Gasteiger partial charge is 0.0126 e. The predicted octanol–water partition coefficient (Wildman–Crippen LogP) is 3.15. The monoisotopic (exact) mass is 183 g/mol. The molecule has 1 aliphatic rings. The minimum atomic E-state index is 0.698. The van der Waals surface area contributed by atoms with Gasteiger partial charge in [-0.25, -0.2) is 0 Å². The maximum atomic E-state index is 2.57. The van der Waals surface area contributed by atoms with Crippen LogP contribution in [0, 0.1) is 11.8 Å².